The van der Waals surface area contributed by atoms with E-state index in [2.05, 4.69) is 5.32 Å². The fraction of sp³-hybridized carbons (Fsp3) is 0.133. The number of hydrogen-bond donors (Lipinski definition) is 2. The molecule has 108 valence electrons. The van der Waals surface area contributed by atoms with E-state index >= 15 is 0 Å². The molecule has 2 heterocycles. The minimum atomic E-state index is -0.878. The number of furan rings is 1. The summed E-state index contributed by atoms with van der Waals surface area (Å²) < 4.78 is 6.04. The van der Waals surface area contributed by atoms with Crippen molar-refractivity contribution in [2.75, 3.05) is 6.54 Å². The zero-order valence-electron chi connectivity index (χ0n) is 10.9. The maximum absolute atomic E-state index is 12.2. The molecule has 0 spiro atoms. The number of aliphatic hydroxyl groups excluding tert-OH is 1. The van der Waals surface area contributed by atoms with Gasteiger partial charge in [0.05, 0.1) is 17.8 Å². The van der Waals surface area contributed by atoms with E-state index in [1.54, 1.807) is 12.1 Å². The van der Waals surface area contributed by atoms with Gasteiger partial charge in [-0.2, -0.15) is 0 Å². The molecule has 2 aromatic heterocycles. The lowest BCUT2D eigenvalue weighted by Crippen LogP contribution is -2.27. The Morgan fingerprint density at radius 3 is 2.86 bits per heavy atom. The lowest BCUT2D eigenvalue weighted by molar-refractivity contribution is 0.0905. The van der Waals surface area contributed by atoms with Crippen molar-refractivity contribution >= 4 is 38.9 Å². The van der Waals surface area contributed by atoms with Crippen LogP contribution in [0.2, 0.25) is 5.02 Å². The molecule has 1 unspecified atom stereocenters. The smallest absolute Gasteiger partial charge is 0.263 e. The van der Waals surface area contributed by atoms with E-state index in [9.17, 15) is 9.90 Å². The number of hydrogen-bond acceptors (Lipinski definition) is 4. The van der Waals surface area contributed by atoms with Crippen molar-refractivity contribution in [3.63, 3.8) is 0 Å². The number of carbonyl (C=O) groups is 1. The van der Waals surface area contributed by atoms with Gasteiger partial charge in [0.25, 0.3) is 5.91 Å². The van der Waals surface area contributed by atoms with Crippen LogP contribution in [0.1, 0.15) is 21.5 Å². The SMILES string of the molecule is O=C(NCC(O)c1ccco1)c1sc2ccccc2c1Cl. The van der Waals surface area contributed by atoms with Crippen molar-refractivity contribution in [2.24, 2.45) is 0 Å². The molecule has 0 saturated carbocycles. The first-order valence-corrected chi connectivity index (χ1v) is 7.53. The Morgan fingerprint density at radius 1 is 1.33 bits per heavy atom. The van der Waals surface area contributed by atoms with Gasteiger partial charge in [0.1, 0.15) is 16.7 Å². The number of thiophene rings is 1. The van der Waals surface area contributed by atoms with Crippen LogP contribution in [0.4, 0.5) is 0 Å². The number of amides is 1. The van der Waals surface area contributed by atoms with Gasteiger partial charge >= 0.3 is 0 Å². The highest BCUT2D eigenvalue weighted by Crippen LogP contribution is 2.35. The van der Waals surface area contributed by atoms with Crippen LogP contribution >= 0.6 is 22.9 Å². The number of halogens is 1. The fourth-order valence-corrected chi connectivity index (χ4v) is 3.44. The number of rotatable bonds is 4. The molecule has 1 aromatic carbocycles. The Kier molecular flexibility index (Phi) is 3.96. The van der Waals surface area contributed by atoms with Crippen LogP contribution in [0.5, 0.6) is 0 Å². The quantitative estimate of drug-likeness (QED) is 0.771. The highest BCUT2D eigenvalue weighted by Gasteiger charge is 2.18. The highest BCUT2D eigenvalue weighted by atomic mass is 35.5. The second-order valence-electron chi connectivity index (χ2n) is 4.48. The van der Waals surface area contributed by atoms with Gasteiger partial charge in [-0.1, -0.05) is 29.8 Å². The Morgan fingerprint density at radius 2 is 2.14 bits per heavy atom. The van der Waals surface area contributed by atoms with Gasteiger partial charge in [0.2, 0.25) is 0 Å². The first-order valence-electron chi connectivity index (χ1n) is 6.33. The van der Waals surface area contributed by atoms with Crippen LogP contribution < -0.4 is 5.32 Å². The standard InChI is InChI=1S/C15H12ClNO3S/c16-13-9-4-1-2-6-12(9)21-14(13)15(19)17-8-10(18)11-5-3-7-20-11/h1-7,10,18H,8H2,(H,17,19). The summed E-state index contributed by atoms with van der Waals surface area (Å²) >= 11 is 7.57. The van der Waals surface area contributed by atoms with E-state index in [0.29, 0.717) is 15.7 Å². The number of fused-ring (bicyclic) bond motifs is 1. The fourth-order valence-electron chi connectivity index (χ4n) is 2.01. The molecule has 0 aliphatic carbocycles. The van der Waals surface area contributed by atoms with Gasteiger partial charge in [-0.25, -0.2) is 0 Å². The normalized spacial score (nSPS) is 12.5. The van der Waals surface area contributed by atoms with Crippen LogP contribution in [0.3, 0.4) is 0 Å². The zero-order valence-corrected chi connectivity index (χ0v) is 12.4. The average molecular weight is 322 g/mol. The summed E-state index contributed by atoms with van der Waals surface area (Å²) in [5, 5.41) is 13.8. The molecule has 1 atom stereocenters. The molecular weight excluding hydrogens is 310 g/mol. The Hall–Kier alpha value is -1.82. The second-order valence-corrected chi connectivity index (χ2v) is 5.91. The molecule has 0 saturated heterocycles. The first-order chi connectivity index (χ1) is 10.2. The molecule has 6 heteroatoms. The number of benzene rings is 1. The van der Waals surface area contributed by atoms with E-state index < -0.39 is 6.10 Å². The van der Waals surface area contributed by atoms with Gasteiger partial charge in [-0.15, -0.1) is 11.3 Å². The molecule has 0 radical (unpaired) electrons. The van der Waals surface area contributed by atoms with Crippen LogP contribution in [0.15, 0.2) is 47.1 Å². The second kappa shape index (κ2) is 5.89. The van der Waals surface area contributed by atoms with E-state index in [1.807, 2.05) is 24.3 Å². The molecule has 3 aromatic rings. The number of aliphatic hydroxyl groups is 1. The zero-order chi connectivity index (χ0) is 14.8. The number of nitrogens with one attached hydrogen (secondary N) is 1. The van der Waals surface area contributed by atoms with Crippen molar-refractivity contribution in [1.82, 2.24) is 5.32 Å². The summed E-state index contributed by atoms with van der Waals surface area (Å²) in [7, 11) is 0. The Balaban J connectivity index is 1.74. The molecule has 0 bridgehead atoms. The van der Waals surface area contributed by atoms with Gasteiger partial charge in [-0.05, 0) is 18.2 Å². The molecule has 0 aliphatic rings. The summed E-state index contributed by atoms with van der Waals surface area (Å²) in [6, 6.07) is 10.9. The van der Waals surface area contributed by atoms with Crippen LogP contribution in [0.25, 0.3) is 10.1 Å². The molecular formula is C15H12ClNO3S. The minimum absolute atomic E-state index is 0.0664. The predicted molar refractivity (Wildman–Crippen MR) is 82.8 cm³/mol. The van der Waals surface area contributed by atoms with Gasteiger partial charge in [-0.3, -0.25) is 4.79 Å². The lowest BCUT2D eigenvalue weighted by Gasteiger charge is -2.08. The van der Waals surface area contributed by atoms with Crippen molar-refractivity contribution in [1.29, 1.82) is 0 Å². The third-order valence-corrected chi connectivity index (χ3v) is 4.74. The van der Waals surface area contributed by atoms with E-state index in [4.69, 9.17) is 16.0 Å². The van der Waals surface area contributed by atoms with Gasteiger partial charge in [0.15, 0.2) is 0 Å². The summed E-state index contributed by atoms with van der Waals surface area (Å²) in [6.45, 7) is 0.0664. The maximum atomic E-state index is 12.2. The summed E-state index contributed by atoms with van der Waals surface area (Å²) in [6.07, 6.45) is 0.598. The molecule has 4 nitrogen and oxygen atoms in total. The minimum Gasteiger partial charge on any atom is -0.467 e. The van der Waals surface area contributed by atoms with Gasteiger partial charge in [0, 0.05) is 10.1 Å². The predicted octanol–water partition coefficient (Wildman–Crippen LogP) is 3.61. The maximum Gasteiger partial charge on any atom is 0.263 e. The average Bonchev–Trinajstić information content (AvgIpc) is 3.13. The summed E-state index contributed by atoms with van der Waals surface area (Å²) in [5.74, 6) is 0.115. The first kappa shape index (κ1) is 14.1. The molecule has 1 amide bonds. The van der Waals surface area contributed by atoms with Crippen molar-refractivity contribution in [3.05, 3.63) is 58.3 Å². The van der Waals surface area contributed by atoms with E-state index in [1.165, 1.54) is 17.6 Å². The molecule has 0 aliphatic heterocycles. The highest BCUT2D eigenvalue weighted by molar-refractivity contribution is 7.21. The topological polar surface area (TPSA) is 62.5 Å². The summed E-state index contributed by atoms with van der Waals surface area (Å²) in [4.78, 5) is 12.6. The van der Waals surface area contributed by atoms with Crippen molar-refractivity contribution in [3.8, 4) is 0 Å². The van der Waals surface area contributed by atoms with Crippen molar-refractivity contribution in [2.45, 2.75) is 6.10 Å². The van der Waals surface area contributed by atoms with Crippen LogP contribution in [-0.2, 0) is 0 Å². The lowest BCUT2D eigenvalue weighted by atomic mass is 10.2. The van der Waals surface area contributed by atoms with Crippen molar-refractivity contribution < 1.29 is 14.3 Å². The van der Waals surface area contributed by atoms with Gasteiger partial charge < -0.3 is 14.8 Å². The van der Waals surface area contributed by atoms with Crippen LogP contribution in [0, 0.1) is 0 Å². The molecule has 3 rings (SSSR count). The molecule has 21 heavy (non-hydrogen) atoms. The van der Waals surface area contributed by atoms with E-state index in [-0.39, 0.29) is 12.5 Å². The molecule has 2 N–H and O–H groups in total. The third kappa shape index (κ3) is 2.81. The third-order valence-electron chi connectivity index (χ3n) is 3.07. The largest absolute Gasteiger partial charge is 0.467 e. The van der Waals surface area contributed by atoms with Crippen LogP contribution in [-0.4, -0.2) is 17.6 Å². The Bertz CT molecular complexity index is 766. The number of carbonyl (C=O) groups excluding carboxylic acids is 1. The van der Waals surface area contributed by atoms with E-state index in [0.717, 1.165) is 10.1 Å². The monoisotopic (exact) mass is 321 g/mol. The molecule has 0 fully saturated rings. The summed E-state index contributed by atoms with van der Waals surface area (Å²) in [5.41, 5.74) is 0. The Labute approximate surface area is 130 Å².